The van der Waals surface area contributed by atoms with Crippen molar-refractivity contribution >= 4 is 20.1 Å². The lowest BCUT2D eigenvalue weighted by Gasteiger charge is -2.36. The Bertz CT molecular complexity index is 490. The first-order valence-electron chi connectivity index (χ1n) is 8.48. The van der Waals surface area contributed by atoms with Crippen LogP contribution >= 0.6 is 11.8 Å². The summed E-state index contributed by atoms with van der Waals surface area (Å²) in [6, 6.07) is 8.43. The van der Waals surface area contributed by atoms with Crippen molar-refractivity contribution in [2.24, 2.45) is 0 Å². The predicted octanol–water partition coefficient (Wildman–Crippen LogP) is 4.84. The molecule has 24 heavy (non-hydrogen) atoms. The zero-order valence-electron chi connectivity index (χ0n) is 16.3. The molecule has 1 aromatic rings. The summed E-state index contributed by atoms with van der Waals surface area (Å²) in [4.78, 5) is 0. The van der Waals surface area contributed by atoms with E-state index >= 15 is 0 Å². The molecule has 1 N–H and O–H groups in total. The zero-order valence-corrected chi connectivity index (χ0v) is 18.1. The maximum atomic E-state index is 9.39. The largest absolute Gasteiger partial charge is 0.413 e. The Hall–Kier alpha value is -0.333. The lowest BCUT2D eigenvalue weighted by molar-refractivity contribution is 0.0830. The maximum absolute atomic E-state index is 9.39. The van der Waals surface area contributed by atoms with Gasteiger partial charge >= 0.3 is 0 Å². The van der Waals surface area contributed by atoms with E-state index in [9.17, 15) is 5.11 Å². The predicted molar refractivity (Wildman–Crippen MR) is 107 cm³/mol. The first-order chi connectivity index (χ1) is 11.0. The van der Waals surface area contributed by atoms with Gasteiger partial charge in [-0.15, -0.1) is 0 Å². The highest BCUT2D eigenvalue weighted by molar-refractivity contribution is 8.00. The van der Waals surface area contributed by atoms with Crippen LogP contribution in [0.15, 0.2) is 24.3 Å². The van der Waals surface area contributed by atoms with Gasteiger partial charge in [-0.1, -0.05) is 45.0 Å². The van der Waals surface area contributed by atoms with Crippen molar-refractivity contribution in [1.82, 2.24) is 0 Å². The summed E-state index contributed by atoms with van der Waals surface area (Å²) >= 11 is 1.63. The minimum Gasteiger partial charge on any atom is -0.413 e. The molecule has 3 nitrogen and oxygen atoms in total. The molecule has 0 saturated heterocycles. The highest BCUT2D eigenvalue weighted by atomic mass is 32.2. The van der Waals surface area contributed by atoms with Crippen molar-refractivity contribution in [3.05, 3.63) is 35.4 Å². The normalized spacial score (nSPS) is 15.3. The second-order valence-corrected chi connectivity index (χ2v) is 14.4. The summed E-state index contributed by atoms with van der Waals surface area (Å²) in [5.41, 5.74) is 2.35. The summed E-state index contributed by atoms with van der Waals surface area (Å²) in [6.45, 7) is 15.2. The van der Waals surface area contributed by atoms with Crippen molar-refractivity contribution in [2.45, 2.75) is 63.8 Å². The van der Waals surface area contributed by atoms with Gasteiger partial charge < -0.3 is 14.3 Å². The van der Waals surface area contributed by atoms with Crippen LogP contribution in [0.1, 0.15) is 38.8 Å². The van der Waals surface area contributed by atoms with Gasteiger partial charge in [0.2, 0.25) is 0 Å². The standard InChI is InChI=1S/C19H34O3SSi/c1-18(2,3)24(6,7)22-13-17-10-8-16(9-11-17)12-21-15-19(4,14-20)23-5/h8-11,20H,12-15H2,1-7H3. The summed E-state index contributed by atoms with van der Waals surface area (Å²) in [5, 5.41) is 9.62. The first-order valence-corrected chi connectivity index (χ1v) is 12.6. The van der Waals surface area contributed by atoms with Crippen molar-refractivity contribution in [1.29, 1.82) is 0 Å². The fourth-order valence-corrected chi connectivity index (χ4v) is 3.06. The van der Waals surface area contributed by atoms with Crippen molar-refractivity contribution in [3.8, 4) is 0 Å². The van der Waals surface area contributed by atoms with Gasteiger partial charge in [0.1, 0.15) is 0 Å². The van der Waals surface area contributed by atoms with E-state index in [-0.39, 0.29) is 16.4 Å². The molecule has 0 spiro atoms. The molecule has 0 aromatic heterocycles. The molecule has 0 aliphatic heterocycles. The number of aliphatic hydroxyl groups is 1. The van der Waals surface area contributed by atoms with Gasteiger partial charge in [-0.05, 0) is 42.4 Å². The summed E-state index contributed by atoms with van der Waals surface area (Å²) in [6.07, 6.45) is 2.00. The first kappa shape index (κ1) is 21.7. The third-order valence-corrected chi connectivity index (χ3v) is 10.6. The molecule has 0 aliphatic rings. The Balaban J connectivity index is 2.49. The Morgan fingerprint density at radius 2 is 1.50 bits per heavy atom. The molecule has 0 amide bonds. The molecule has 0 radical (unpaired) electrons. The lowest BCUT2D eigenvalue weighted by Crippen LogP contribution is -2.40. The van der Waals surface area contributed by atoms with Gasteiger partial charge in [0.15, 0.2) is 8.32 Å². The minimum atomic E-state index is -1.70. The van der Waals surface area contributed by atoms with Gasteiger partial charge in [0.25, 0.3) is 0 Å². The highest BCUT2D eigenvalue weighted by Crippen LogP contribution is 2.37. The molecule has 1 aromatic carbocycles. The highest BCUT2D eigenvalue weighted by Gasteiger charge is 2.36. The van der Waals surface area contributed by atoms with Crippen LogP contribution in [0.25, 0.3) is 0 Å². The molecule has 1 atom stereocenters. The average molecular weight is 371 g/mol. The molecule has 0 fully saturated rings. The topological polar surface area (TPSA) is 38.7 Å². The Labute approximate surface area is 153 Å². The SMILES string of the molecule is CSC(C)(CO)COCc1ccc(CO[Si](C)(C)C(C)(C)C)cc1. The van der Waals surface area contributed by atoms with E-state index in [1.54, 1.807) is 11.8 Å². The number of benzene rings is 1. The molecular formula is C19H34O3SSi. The van der Waals surface area contributed by atoms with Gasteiger partial charge in [0, 0.05) is 0 Å². The number of thioether (sulfide) groups is 1. The Morgan fingerprint density at radius 1 is 1.00 bits per heavy atom. The van der Waals surface area contributed by atoms with E-state index in [0.29, 0.717) is 19.8 Å². The molecule has 5 heteroatoms. The fourth-order valence-electron chi connectivity index (χ4n) is 1.77. The zero-order chi connectivity index (χ0) is 18.4. The van der Waals surface area contributed by atoms with E-state index in [1.165, 1.54) is 5.56 Å². The molecule has 138 valence electrons. The Morgan fingerprint density at radius 3 is 1.92 bits per heavy atom. The Kier molecular flexibility index (Phi) is 8.01. The van der Waals surface area contributed by atoms with Gasteiger partial charge in [0.05, 0.1) is 31.2 Å². The van der Waals surface area contributed by atoms with Crippen LogP contribution in [0.4, 0.5) is 0 Å². The molecular weight excluding hydrogens is 336 g/mol. The molecule has 0 heterocycles. The van der Waals surface area contributed by atoms with Crippen molar-refractivity contribution in [3.63, 3.8) is 0 Å². The smallest absolute Gasteiger partial charge is 0.192 e. The van der Waals surface area contributed by atoms with Crippen molar-refractivity contribution < 1.29 is 14.3 Å². The summed E-state index contributed by atoms with van der Waals surface area (Å²) in [7, 11) is -1.70. The van der Waals surface area contributed by atoms with Gasteiger partial charge in [-0.3, -0.25) is 0 Å². The van der Waals surface area contributed by atoms with Crippen LogP contribution in [0.2, 0.25) is 18.1 Å². The number of hydrogen-bond donors (Lipinski definition) is 1. The van der Waals surface area contributed by atoms with Gasteiger partial charge in [-0.2, -0.15) is 11.8 Å². The van der Waals surface area contributed by atoms with E-state index in [1.807, 2.05) is 13.2 Å². The summed E-state index contributed by atoms with van der Waals surface area (Å²) < 4.78 is 11.8. The number of ether oxygens (including phenoxy) is 1. The van der Waals surface area contributed by atoms with E-state index < -0.39 is 8.32 Å². The van der Waals surface area contributed by atoms with Crippen molar-refractivity contribution in [2.75, 3.05) is 19.5 Å². The number of rotatable bonds is 9. The number of hydrogen-bond acceptors (Lipinski definition) is 4. The lowest BCUT2D eigenvalue weighted by atomic mass is 10.1. The van der Waals surface area contributed by atoms with Crippen LogP contribution in [0.3, 0.4) is 0 Å². The summed E-state index contributed by atoms with van der Waals surface area (Å²) in [5.74, 6) is 0. The van der Waals surface area contributed by atoms with Crippen LogP contribution in [-0.2, 0) is 22.4 Å². The maximum Gasteiger partial charge on any atom is 0.192 e. The molecule has 0 aliphatic carbocycles. The van der Waals surface area contributed by atoms with Crippen LogP contribution in [0.5, 0.6) is 0 Å². The minimum absolute atomic E-state index is 0.123. The molecule has 1 unspecified atom stereocenters. The molecule has 0 bridgehead atoms. The van der Waals surface area contributed by atoms with Crippen LogP contribution < -0.4 is 0 Å². The van der Waals surface area contributed by atoms with Crippen LogP contribution in [0, 0.1) is 0 Å². The van der Waals surface area contributed by atoms with Crippen LogP contribution in [-0.4, -0.2) is 37.6 Å². The molecule has 1 rings (SSSR count). The second-order valence-electron chi connectivity index (χ2n) is 8.17. The average Bonchev–Trinajstić information content (AvgIpc) is 2.53. The van der Waals surface area contributed by atoms with E-state index in [0.717, 1.165) is 5.56 Å². The quantitative estimate of drug-likeness (QED) is 0.631. The third-order valence-electron chi connectivity index (χ3n) is 4.93. The number of aliphatic hydroxyl groups excluding tert-OH is 1. The fraction of sp³-hybridized carbons (Fsp3) is 0.684. The van der Waals surface area contributed by atoms with E-state index in [2.05, 4.69) is 58.1 Å². The van der Waals surface area contributed by atoms with E-state index in [4.69, 9.17) is 9.16 Å². The van der Waals surface area contributed by atoms with Gasteiger partial charge in [-0.25, -0.2) is 0 Å². The second kappa shape index (κ2) is 8.85. The monoisotopic (exact) mass is 370 g/mol. The molecule has 0 saturated carbocycles. The third kappa shape index (κ3) is 6.52.